The number of rotatable bonds is 6. The maximum atomic E-state index is 13.4. The van der Waals surface area contributed by atoms with Crippen molar-refractivity contribution >= 4 is 17.6 Å². The highest BCUT2D eigenvalue weighted by Crippen LogP contribution is 2.31. The molecule has 0 saturated heterocycles. The van der Waals surface area contributed by atoms with Gasteiger partial charge in [0.05, 0.1) is 12.1 Å². The van der Waals surface area contributed by atoms with Crippen LogP contribution < -0.4 is 4.74 Å². The molecule has 0 N–H and O–H groups in total. The molecule has 0 saturated carbocycles. The number of alkyl halides is 5. The number of nitrogens with zero attached hydrogens (tertiary/aromatic N) is 3. The first-order valence-electron chi connectivity index (χ1n) is 6.45. The molecular weight excluding hydrogens is 377 g/mol. The van der Waals surface area contributed by atoms with E-state index >= 15 is 0 Å². The van der Waals surface area contributed by atoms with E-state index in [0.717, 1.165) is 7.11 Å². The molecule has 0 fully saturated rings. The summed E-state index contributed by atoms with van der Waals surface area (Å²) in [5, 5.41) is 3.48. The first-order valence-corrected chi connectivity index (χ1v) is 6.83. The summed E-state index contributed by atoms with van der Waals surface area (Å²) >= 11 is 5.89. The molecule has 12 heteroatoms. The van der Waals surface area contributed by atoms with E-state index in [1.54, 1.807) is 0 Å². The quantitative estimate of drug-likeness (QED) is 0.564. The van der Waals surface area contributed by atoms with Crippen LogP contribution in [-0.4, -0.2) is 46.5 Å². The van der Waals surface area contributed by atoms with Crippen LogP contribution in [0.2, 0.25) is 5.02 Å². The monoisotopic (exact) mass is 385 g/mol. The number of ether oxygens (including phenoxy) is 2. The lowest BCUT2D eigenvalue weighted by Crippen LogP contribution is -2.41. The van der Waals surface area contributed by atoms with Crippen molar-refractivity contribution in [1.82, 2.24) is 14.8 Å². The largest absolute Gasteiger partial charge is 0.464 e. The molecule has 136 valence electrons. The zero-order chi connectivity index (χ0) is 18.8. The number of esters is 1. The van der Waals surface area contributed by atoms with Crippen molar-refractivity contribution < 1.29 is 36.2 Å². The molecule has 2 aromatic heterocycles. The van der Waals surface area contributed by atoms with Gasteiger partial charge in [-0.25, -0.2) is 27.6 Å². The number of carbonyl (C=O) groups is 1. The van der Waals surface area contributed by atoms with Crippen LogP contribution in [0, 0.1) is 0 Å². The fourth-order valence-electron chi connectivity index (χ4n) is 1.70. The van der Waals surface area contributed by atoms with E-state index < -0.39 is 36.2 Å². The summed E-state index contributed by atoms with van der Waals surface area (Å²) in [5.74, 6) is -2.18. The van der Waals surface area contributed by atoms with Gasteiger partial charge < -0.3 is 9.47 Å². The van der Waals surface area contributed by atoms with E-state index in [1.807, 2.05) is 0 Å². The zero-order valence-electron chi connectivity index (χ0n) is 12.3. The van der Waals surface area contributed by atoms with Crippen LogP contribution in [0.1, 0.15) is 10.5 Å². The van der Waals surface area contributed by atoms with Crippen LogP contribution in [-0.2, 0) is 4.74 Å². The standard InChI is InChI=1S/C13H9ClF5N3O3/c1-24-12(23)7-5-8(25-13(18,19)9(15)10(16)17)21-22(7)11-6(14)3-2-4-20-11/h2-5,9-10H,1H3. The number of carbonyl (C=O) groups excluding carboxylic acids is 1. The predicted molar refractivity (Wildman–Crippen MR) is 74.2 cm³/mol. The van der Waals surface area contributed by atoms with Gasteiger partial charge in [-0.05, 0) is 12.1 Å². The Morgan fingerprint density at radius 2 is 2.04 bits per heavy atom. The van der Waals surface area contributed by atoms with Crippen LogP contribution >= 0.6 is 11.6 Å². The Balaban J connectivity index is 2.46. The average Bonchev–Trinajstić information content (AvgIpc) is 2.96. The molecule has 0 aliphatic heterocycles. The Labute approximate surface area is 142 Å². The molecule has 0 radical (unpaired) electrons. The van der Waals surface area contributed by atoms with Crippen LogP contribution in [0.3, 0.4) is 0 Å². The summed E-state index contributed by atoms with van der Waals surface area (Å²) < 4.78 is 73.0. The summed E-state index contributed by atoms with van der Waals surface area (Å²) in [6.07, 6.45) is -11.5. The van der Waals surface area contributed by atoms with Gasteiger partial charge in [-0.2, -0.15) is 8.78 Å². The first kappa shape index (κ1) is 18.9. The molecule has 25 heavy (non-hydrogen) atoms. The molecule has 0 aliphatic carbocycles. The van der Waals surface area contributed by atoms with Crippen LogP contribution in [0.25, 0.3) is 5.82 Å². The van der Waals surface area contributed by atoms with E-state index in [1.165, 1.54) is 18.3 Å². The highest BCUT2D eigenvalue weighted by Gasteiger charge is 2.49. The minimum atomic E-state index is -4.88. The smallest absolute Gasteiger partial charge is 0.436 e. The second-order valence-corrected chi connectivity index (χ2v) is 4.89. The van der Waals surface area contributed by atoms with E-state index in [-0.39, 0.29) is 10.8 Å². The van der Waals surface area contributed by atoms with Crippen LogP contribution in [0.15, 0.2) is 24.4 Å². The lowest BCUT2D eigenvalue weighted by molar-refractivity contribution is -0.246. The van der Waals surface area contributed by atoms with Gasteiger partial charge in [-0.1, -0.05) is 11.6 Å². The van der Waals surface area contributed by atoms with Gasteiger partial charge >= 0.3 is 12.1 Å². The predicted octanol–water partition coefficient (Wildman–Crippen LogP) is 3.28. The third-order valence-corrected chi connectivity index (χ3v) is 3.10. The number of hydrogen-bond donors (Lipinski definition) is 0. The zero-order valence-corrected chi connectivity index (χ0v) is 13.1. The number of hydrogen-bond acceptors (Lipinski definition) is 5. The minimum Gasteiger partial charge on any atom is -0.464 e. The minimum absolute atomic E-state index is 0.00925. The molecule has 0 amide bonds. The van der Waals surface area contributed by atoms with Crippen molar-refractivity contribution in [2.24, 2.45) is 0 Å². The molecule has 0 aromatic carbocycles. The average molecular weight is 386 g/mol. The molecule has 1 atom stereocenters. The van der Waals surface area contributed by atoms with Crippen molar-refractivity contribution in [3.05, 3.63) is 35.1 Å². The SMILES string of the molecule is COC(=O)c1cc(OC(F)(F)C(F)C(F)F)nn1-c1ncccc1Cl. The molecular formula is C13H9ClF5N3O3. The van der Waals surface area contributed by atoms with Gasteiger partial charge in [0.2, 0.25) is 5.88 Å². The Hall–Kier alpha value is -2.43. The van der Waals surface area contributed by atoms with Gasteiger partial charge in [0.15, 0.2) is 11.5 Å². The van der Waals surface area contributed by atoms with Gasteiger partial charge in [0, 0.05) is 12.3 Å². The van der Waals surface area contributed by atoms with Gasteiger partial charge in [-0.15, -0.1) is 5.10 Å². The second-order valence-electron chi connectivity index (χ2n) is 4.48. The summed E-state index contributed by atoms with van der Waals surface area (Å²) in [6, 6.07) is 3.48. The van der Waals surface area contributed by atoms with E-state index in [2.05, 4.69) is 19.6 Å². The van der Waals surface area contributed by atoms with Crippen LogP contribution in [0.4, 0.5) is 22.0 Å². The normalized spacial score (nSPS) is 13.0. The van der Waals surface area contributed by atoms with Crippen molar-refractivity contribution in [1.29, 1.82) is 0 Å². The maximum Gasteiger partial charge on any atom is 0.436 e. The Morgan fingerprint density at radius 1 is 1.36 bits per heavy atom. The molecule has 0 aliphatic rings. The highest BCUT2D eigenvalue weighted by atomic mass is 35.5. The van der Waals surface area contributed by atoms with Crippen LogP contribution in [0.5, 0.6) is 5.88 Å². The third kappa shape index (κ3) is 3.98. The fraction of sp³-hybridized carbons (Fsp3) is 0.308. The van der Waals surface area contributed by atoms with Crippen molar-refractivity contribution in [3.63, 3.8) is 0 Å². The van der Waals surface area contributed by atoms with Crippen molar-refractivity contribution in [3.8, 4) is 11.7 Å². The topological polar surface area (TPSA) is 66.2 Å². The first-order chi connectivity index (χ1) is 11.7. The van der Waals surface area contributed by atoms with E-state index in [0.29, 0.717) is 10.7 Å². The fourth-order valence-corrected chi connectivity index (χ4v) is 1.90. The summed E-state index contributed by atoms with van der Waals surface area (Å²) in [6.45, 7) is 0. The lowest BCUT2D eigenvalue weighted by atomic mass is 10.3. The summed E-state index contributed by atoms with van der Waals surface area (Å²) in [5.41, 5.74) is -0.443. The summed E-state index contributed by atoms with van der Waals surface area (Å²) in [4.78, 5) is 15.6. The third-order valence-electron chi connectivity index (χ3n) is 2.80. The Morgan fingerprint density at radius 3 is 2.60 bits per heavy atom. The van der Waals surface area contributed by atoms with E-state index in [9.17, 15) is 26.7 Å². The van der Waals surface area contributed by atoms with Gasteiger partial charge in [0.25, 0.3) is 12.6 Å². The molecule has 6 nitrogen and oxygen atoms in total. The summed E-state index contributed by atoms with van der Waals surface area (Å²) in [7, 11) is 1.00. The second kappa shape index (κ2) is 7.21. The van der Waals surface area contributed by atoms with Crippen molar-refractivity contribution in [2.45, 2.75) is 18.7 Å². The Kier molecular flexibility index (Phi) is 5.45. The maximum absolute atomic E-state index is 13.4. The molecule has 0 spiro atoms. The van der Waals surface area contributed by atoms with E-state index in [4.69, 9.17) is 11.6 Å². The molecule has 2 heterocycles. The highest BCUT2D eigenvalue weighted by molar-refractivity contribution is 6.32. The van der Waals surface area contributed by atoms with Crippen molar-refractivity contribution in [2.75, 3.05) is 7.11 Å². The molecule has 1 unspecified atom stereocenters. The number of methoxy groups -OCH3 is 1. The number of pyridine rings is 1. The molecule has 2 rings (SSSR count). The number of aromatic nitrogens is 3. The van der Waals surface area contributed by atoms with Gasteiger partial charge in [0.1, 0.15) is 0 Å². The Bertz CT molecular complexity index is 771. The lowest BCUT2D eigenvalue weighted by Gasteiger charge is -2.19. The molecule has 2 aromatic rings. The van der Waals surface area contributed by atoms with Gasteiger partial charge in [-0.3, -0.25) is 0 Å². The molecule has 0 bridgehead atoms. The number of halogens is 6.